The quantitative estimate of drug-likeness (QED) is 0.774. The molecule has 1 fully saturated rings. The number of nitrogens with zero attached hydrogens (tertiary/aromatic N) is 1. The number of carboxylic acid groups (broad SMARTS) is 1. The summed E-state index contributed by atoms with van der Waals surface area (Å²) in [5, 5.41) is 12.4. The van der Waals surface area contributed by atoms with Crippen LogP contribution in [-0.4, -0.2) is 53.7 Å². The Morgan fingerprint density at radius 1 is 1.32 bits per heavy atom. The highest BCUT2D eigenvalue weighted by Crippen LogP contribution is 2.09. The Morgan fingerprint density at radius 2 is 2.05 bits per heavy atom. The van der Waals surface area contributed by atoms with Crippen LogP contribution in [-0.2, 0) is 6.54 Å². The predicted octanol–water partition coefficient (Wildman–Crippen LogP) is 1.52. The van der Waals surface area contributed by atoms with E-state index in [1.165, 1.54) is 11.5 Å². The zero-order valence-electron chi connectivity index (χ0n) is 11.0. The maximum atomic E-state index is 11.1. The highest BCUT2D eigenvalue weighted by molar-refractivity contribution is 7.99. The number of aromatic carboxylic acids is 1. The Hall–Kier alpha value is -1.04. The Balaban J connectivity index is 1.74. The molecule has 5 heteroatoms. The Morgan fingerprint density at radius 3 is 2.79 bits per heavy atom. The van der Waals surface area contributed by atoms with Crippen molar-refractivity contribution in [2.75, 3.05) is 37.7 Å². The predicted molar refractivity (Wildman–Crippen MR) is 78.9 cm³/mol. The second-order valence-corrected chi connectivity index (χ2v) is 5.82. The number of hydrogen-bond acceptors (Lipinski definition) is 4. The molecule has 0 aromatic heterocycles. The summed E-state index contributed by atoms with van der Waals surface area (Å²) in [7, 11) is 0. The molecule has 0 unspecified atom stereocenters. The van der Waals surface area contributed by atoms with E-state index in [0.29, 0.717) is 12.1 Å². The first-order valence-corrected chi connectivity index (χ1v) is 7.75. The van der Waals surface area contributed by atoms with E-state index in [1.54, 1.807) is 12.1 Å². The molecule has 1 aliphatic heterocycles. The van der Waals surface area contributed by atoms with Crippen LogP contribution >= 0.6 is 11.8 Å². The van der Waals surface area contributed by atoms with Crippen LogP contribution in [0.4, 0.5) is 0 Å². The molecule has 0 radical (unpaired) electrons. The molecule has 0 spiro atoms. The van der Waals surface area contributed by atoms with Crippen molar-refractivity contribution >= 4 is 17.7 Å². The molecule has 2 rings (SSSR count). The van der Waals surface area contributed by atoms with Crippen LogP contribution in [0, 0.1) is 0 Å². The number of thioether (sulfide) groups is 1. The maximum Gasteiger partial charge on any atom is 0.336 e. The SMILES string of the molecule is O=C(O)c1ccccc1CNCCN1CCSCC1. The molecule has 1 heterocycles. The number of benzene rings is 1. The fourth-order valence-electron chi connectivity index (χ4n) is 2.17. The molecule has 0 amide bonds. The average Bonchev–Trinajstić information content (AvgIpc) is 2.45. The van der Waals surface area contributed by atoms with Gasteiger partial charge >= 0.3 is 5.97 Å². The minimum absolute atomic E-state index is 0.393. The lowest BCUT2D eigenvalue weighted by Crippen LogP contribution is -2.37. The summed E-state index contributed by atoms with van der Waals surface area (Å²) in [5.41, 5.74) is 1.24. The van der Waals surface area contributed by atoms with Gasteiger partial charge in [-0.25, -0.2) is 4.79 Å². The van der Waals surface area contributed by atoms with Gasteiger partial charge in [-0.2, -0.15) is 11.8 Å². The molecule has 104 valence electrons. The zero-order chi connectivity index (χ0) is 13.5. The first kappa shape index (κ1) is 14.4. The monoisotopic (exact) mass is 280 g/mol. The summed E-state index contributed by atoms with van der Waals surface area (Å²) in [4.78, 5) is 13.5. The second-order valence-electron chi connectivity index (χ2n) is 4.59. The summed E-state index contributed by atoms with van der Waals surface area (Å²) in [6.07, 6.45) is 0. The van der Waals surface area contributed by atoms with Gasteiger partial charge in [0, 0.05) is 44.2 Å². The van der Waals surface area contributed by atoms with Crippen molar-refractivity contribution in [2.45, 2.75) is 6.54 Å². The van der Waals surface area contributed by atoms with Crippen molar-refractivity contribution in [3.05, 3.63) is 35.4 Å². The van der Waals surface area contributed by atoms with Gasteiger partial charge in [0.15, 0.2) is 0 Å². The Bertz CT molecular complexity index is 420. The van der Waals surface area contributed by atoms with E-state index in [0.717, 1.165) is 31.7 Å². The van der Waals surface area contributed by atoms with E-state index in [-0.39, 0.29) is 0 Å². The lowest BCUT2D eigenvalue weighted by molar-refractivity contribution is 0.0695. The van der Waals surface area contributed by atoms with Gasteiger partial charge in [0.05, 0.1) is 5.56 Å². The van der Waals surface area contributed by atoms with Crippen molar-refractivity contribution in [3.8, 4) is 0 Å². The van der Waals surface area contributed by atoms with Crippen molar-refractivity contribution in [2.24, 2.45) is 0 Å². The summed E-state index contributed by atoms with van der Waals surface area (Å²) in [6.45, 7) is 4.88. The first-order chi connectivity index (χ1) is 9.27. The van der Waals surface area contributed by atoms with E-state index in [1.807, 2.05) is 23.9 Å². The summed E-state index contributed by atoms with van der Waals surface area (Å²) >= 11 is 2.01. The Kier molecular flexibility index (Phi) is 5.69. The van der Waals surface area contributed by atoms with Gasteiger partial charge in [0.2, 0.25) is 0 Å². The van der Waals surface area contributed by atoms with E-state index in [2.05, 4.69) is 10.2 Å². The minimum atomic E-state index is -0.856. The van der Waals surface area contributed by atoms with Crippen LogP contribution in [0.1, 0.15) is 15.9 Å². The van der Waals surface area contributed by atoms with Crippen LogP contribution in [0.3, 0.4) is 0 Å². The molecule has 1 aliphatic rings. The van der Waals surface area contributed by atoms with Crippen LogP contribution in [0.5, 0.6) is 0 Å². The van der Waals surface area contributed by atoms with Gasteiger partial charge in [-0.15, -0.1) is 0 Å². The number of rotatable bonds is 6. The lowest BCUT2D eigenvalue weighted by Gasteiger charge is -2.26. The smallest absolute Gasteiger partial charge is 0.336 e. The van der Waals surface area contributed by atoms with Crippen molar-refractivity contribution < 1.29 is 9.90 Å². The van der Waals surface area contributed by atoms with Gasteiger partial charge in [0.1, 0.15) is 0 Å². The van der Waals surface area contributed by atoms with Gasteiger partial charge in [-0.3, -0.25) is 0 Å². The molecule has 0 atom stereocenters. The molecule has 19 heavy (non-hydrogen) atoms. The molecule has 2 N–H and O–H groups in total. The van der Waals surface area contributed by atoms with Gasteiger partial charge in [-0.1, -0.05) is 18.2 Å². The van der Waals surface area contributed by atoms with E-state index >= 15 is 0 Å². The molecule has 1 aromatic carbocycles. The fourth-order valence-corrected chi connectivity index (χ4v) is 3.15. The van der Waals surface area contributed by atoms with Gasteiger partial charge in [0.25, 0.3) is 0 Å². The molecule has 0 bridgehead atoms. The van der Waals surface area contributed by atoms with E-state index < -0.39 is 5.97 Å². The van der Waals surface area contributed by atoms with Gasteiger partial charge in [-0.05, 0) is 11.6 Å². The van der Waals surface area contributed by atoms with Crippen LogP contribution in [0.25, 0.3) is 0 Å². The van der Waals surface area contributed by atoms with Crippen LogP contribution in [0.2, 0.25) is 0 Å². The molecule has 1 aromatic rings. The average molecular weight is 280 g/mol. The lowest BCUT2D eigenvalue weighted by atomic mass is 10.1. The molecule has 4 nitrogen and oxygen atoms in total. The molecule has 1 saturated heterocycles. The topological polar surface area (TPSA) is 52.6 Å². The summed E-state index contributed by atoms with van der Waals surface area (Å²) in [5.74, 6) is 1.59. The maximum absolute atomic E-state index is 11.1. The van der Waals surface area contributed by atoms with Gasteiger partial charge < -0.3 is 15.3 Å². The van der Waals surface area contributed by atoms with E-state index in [9.17, 15) is 4.79 Å². The standard InChI is InChI=1S/C14H20N2O2S/c17-14(18)13-4-2-1-3-12(13)11-15-5-6-16-7-9-19-10-8-16/h1-4,15H,5-11H2,(H,17,18). The number of hydrogen-bond donors (Lipinski definition) is 2. The Labute approximate surface area is 118 Å². The second kappa shape index (κ2) is 7.53. The van der Waals surface area contributed by atoms with Crippen molar-refractivity contribution in [1.82, 2.24) is 10.2 Å². The van der Waals surface area contributed by atoms with Crippen LogP contribution < -0.4 is 5.32 Å². The number of carbonyl (C=O) groups is 1. The summed E-state index contributed by atoms with van der Waals surface area (Å²) < 4.78 is 0. The zero-order valence-corrected chi connectivity index (χ0v) is 11.8. The first-order valence-electron chi connectivity index (χ1n) is 6.59. The minimum Gasteiger partial charge on any atom is -0.478 e. The third-order valence-electron chi connectivity index (χ3n) is 3.27. The number of nitrogens with one attached hydrogen (secondary N) is 1. The third kappa shape index (κ3) is 4.53. The van der Waals surface area contributed by atoms with Crippen molar-refractivity contribution in [1.29, 1.82) is 0 Å². The molecular weight excluding hydrogens is 260 g/mol. The van der Waals surface area contributed by atoms with E-state index in [4.69, 9.17) is 5.11 Å². The highest BCUT2D eigenvalue weighted by Gasteiger charge is 2.10. The normalized spacial score (nSPS) is 16.4. The molecular formula is C14H20N2O2S. The highest BCUT2D eigenvalue weighted by atomic mass is 32.2. The molecule has 0 saturated carbocycles. The van der Waals surface area contributed by atoms with Crippen molar-refractivity contribution in [3.63, 3.8) is 0 Å². The largest absolute Gasteiger partial charge is 0.478 e. The third-order valence-corrected chi connectivity index (χ3v) is 4.21. The fraction of sp³-hybridized carbons (Fsp3) is 0.500. The number of carboxylic acids is 1. The molecule has 0 aliphatic carbocycles. The van der Waals surface area contributed by atoms with Crippen LogP contribution in [0.15, 0.2) is 24.3 Å². The summed E-state index contributed by atoms with van der Waals surface area (Å²) in [6, 6.07) is 7.17.